The van der Waals surface area contributed by atoms with E-state index in [4.69, 9.17) is 15.2 Å². The summed E-state index contributed by atoms with van der Waals surface area (Å²) in [6, 6.07) is 9.97. The second kappa shape index (κ2) is 8.29. The van der Waals surface area contributed by atoms with Crippen molar-refractivity contribution in [2.75, 3.05) is 30.4 Å². The number of ether oxygens (including phenoxy) is 2. The first kappa shape index (κ1) is 18.3. The second-order valence-electron chi connectivity index (χ2n) is 6.98. The fourth-order valence-electron chi connectivity index (χ4n) is 3.57. The summed E-state index contributed by atoms with van der Waals surface area (Å²) in [6.07, 6.45) is 6.96. The topological polar surface area (TPSA) is 86.4 Å². The van der Waals surface area contributed by atoms with Crippen LogP contribution < -0.4 is 20.1 Å². The molecular weight excluding hydrogens is 354 g/mol. The molecule has 1 atom stereocenters. The summed E-state index contributed by atoms with van der Waals surface area (Å²) >= 11 is 0. The van der Waals surface area contributed by atoms with Gasteiger partial charge in [0.2, 0.25) is 0 Å². The van der Waals surface area contributed by atoms with Crippen molar-refractivity contribution in [2.45, 2.75) is 32.2 Å². The maximum Gasteiger partial charge on any atom is 0.257 e. The Morgan fingerprint density at radius 1 is 1.07 bits per heavy atom. The Morgan fingerprint density at radius 3 is 2.82 bits per heavy atom. The molecule has 0 amide bonds. The molecule has 0 unspecified atom stereocenters. The van der Waals surface area contributed by atoms with Crippen LogP contribution in [0.4, 0.5) is 11.6 Å². The number of benzene rings is 1. The molecule has 4 rings (SSSR count). The van der Waals surface area contributed by atoms with Crippen LogP contribution in [0.3, 0.4) is 0 Å². The number of anilines is 2. The van der Waals surface area contributed by atoms with Gasteiger partial charge in [0, 0.05) is 30.4 Å². The zero-order valence-electron chi connectivity index (χ0n) is 16.0. The van der Waals surface area contributed by atoms with Gasteiger partial charge < -0.3 is 20.1 Å². The molecule has 1 saturated heterocycles. The number of nitrogens with zero attached hydrogens (tertiary/aromatic N) is 4. The maximum absolute atomic E-state index is 5.91. The van der Waals surface area contributed by atoms with Crippen molar-refractivity contribution in [3.63, 3.8) is 0 Å². The van der Waals surface area contributed by atoms with Gasteiger partial charge in [-0.2, -0.15) is 0 Å². The second-order valence-corrected chi connectivity index (χ2v) is 6.98. The summed E-state index contributed by atoms with van der Waals surface area (Å²) in [5, 5.41) is 0.989. The van der Waals surface area contributed by atoms with Gasteiger partial charge in [0.25, 0.3) is 5.88 Å². The number of rotatable bonds is 6. The van der Waals surface area contributed by atoms with Gasteiger partial charge in [-0.15, -0.1) is 0 Å². The van der Waals surface area contributed by atoms with Crippen LogP contribution >= 0.6 is 0 Å². The molecule has 28 heavy (non-hydrogen) atoms. The van der Waals surface area contributed by atoms with Gasteiger partial charge in [0.15, 0.2) is 5.82 Å². The highest BCUT2D eigenvalue weighted by Crippen LogP contribution is 2.29. The normalized spacial score (nSPS) is 16.9. The van der Waals surface area contributed by atoms with E-state index < -0.39 is 0 Å². The first-order valence-corrected chi connectivity index (χ1v) is 9.71. The first-order chi connectivity index (χ1) is 13.7. The molecule has 1 fully saturated rings. The van der Waals surface area contributed by atoms with E-state index in [1.807, 2.05) is 24.3 Å². The number of pyridine rings is 1. The largest absolute Gasteiger partial charge is 0.488 e. The summed E-state index contributed by atoms with van der Waals surface area (Å²) < 4.78 is 11.8. The lowest BCUT2D eigenvalue weighted by Gasteiger charge is -2.34. The highest BCUT2D eigenvalue weighted by molar-refractivity contribution is 5.85. The minimum absolute atomic E-state index is 0.368. The van der Waals surface area contributed by atoms with E-state index in [-0.39, 0.29) is 0 Å². The van der Waals surface area contributed by atoms with Crippen molar-refractivity contribution in [3.8, 4) is 11.6 Å². The van der Waals surface area contributed by atoms with E-state index in [1.54, 1.807) is 18.5 Å². The molecule has 2 aromatic heterocycles. The fraction of sp³-hybridized carbons (Fsp3) is 0.381. The lowest BCUT2D eigenvalue weighted by molar-refractivity contribution is 0.212. The smallest absolute Gasteiger partial charge is 0.257 e. The predicted molar refractivity (Wildman–Crippen MR) is 110 cm³/mol. The van der Waals surface area contributed by atoms with E-state index >= 15 is 0 Å². The third kappa shape index (κ3) is 3.93. The van der Waals surface area contributed by atoms with E-state index in [0.29, 0.717) is 36.7 Å². The fourth-order valence-corrected chi connectivity index (χ4v) is 3.57. The van der Waals surface area contributed by atoms with E-state index in [9.17, 15) is 0 Å². The standard InChI is InChI=1S/C21H25N5O2/c1-15-5-2-3-12-26(15)20-21(24-11-10-23-20)28-14-13-27-17-7-4-6-16-8-9-18(22)25-19(16)17/h4,6-11,15H,2-3,5,12-14H2,1H3,(H2,22,25)/t15-/m1/s1. The van der Waals surface area contributed by atoms with Crippen molar-refractivity contribution >= 4 is 22.5 Å². The number of aromatic nitrogens is 3. The van der Waals surface area contributed by atoms with Gasteiger partial charge in [0.05, 0.1) is 0 Å². The van der Waals surface area contributed by atoms with Crippen LogP contribution in [0.2, 0.25) is 0 Å². The highest BCUT2D eigenvalue weighted by atomic mass is 16.5. The number of nitrogen functional groups attached to an aromatic ring is 1. The Hall–Kier alpha value is -3.09. The van der Waals surface area contributed by atoms with Gasteiger partial charge in [-0.05, 0) is 44.4 Å². The summed E-state index contributed by atoms with van der Waals surface area (Å²) in [5.74, 6) is 2.53. The van der Waals surface area contributed by atoms with Gasteiger partial charge in [0.1, 0.15) is 30.3 Å². The lowest BCUT2D eigenvalue weighted by Crippen LogP contribution is -2.38. The van der Waals surface area contributed by atoms with Crippen LogP contribution in [0.5, 0.6) is 11.6 Å². The first-order valence-electron chi connectivity index (χ1n) is 9.71. The molecule has 1 aliphatic heterocycles. The quantitative estimate of drug-likeness (QED) is 0.657. The van der Waals surface area contributed by atoms with Crippen molar-refractivity contribution in [2.24, 2.45) is 0 Å². The molecule has 3 heterocycles. The molecule has 7 heteroatoms. The molecular formula is C21H25N5O2. The molecule has 0 bridgehead atoms. The predicted octanol–water partition coefficient (Wildman–Crippen LogP) is 3.44. The molecule has 1 aliphatic rings. The highest BCUT2D eigenvalue weighted by Gasteiger charge is 2.23. The van der Waals surface area contributed by atoms with E-state index in [2.05, 4.69) is 26.8 Å². The SMILES string of the molecule is C[C@@H]1CCCCN1c1nccnc1OCCOc1cccc2ccc(N)nc12. The molecule has 7 nitrogen and oxygen atoms in total. The third-order valence-electron chi connectivity index (χ3n) is 5.01. The van der Waals surface area contributed by atoms with Crippen LogP contribution in [0, 0.1) is 0 Å². The molecule has 0 spiro atoms. The van der Waals surface area contributed by atoms with Gasteiger partial charge in [-0.1, -0.05) is 12.1 Å². The number of nitrogens with two attached hydrogens (primary N) is 1. The molecule has 0 radical (unpaired) electrons. The molecule has 0 saturated carbocycles. The average molecular weight is 379 g/mol. The zero-order valence-corrected chi connectivity index (χ0v) is 16.0. The van der Waals surface area contributed by atoms with Crippen LogP contribution in [-0.2, 0) is 0 Å². The minimum Gasteiger partial charge on any atom is -0.488 e. The number of hydrogen-bond acceptors (Lipinski definition) is 7. The van der Waals surface area contributed by atoms with Crippen molar-refractivity contribution in [1.82, 2.24) is 15.0 Å². The number of para-hydroxylation sites is 1. The summed E-state index contributed by atoms with van der Waals surface area (Å²) in [7, 11) is 0. The van der Waals surface area contributed by atoms with Gasteiger partial charge in [-0.3, -0.25) is 0 Å². The molecule has 0 aliphatic carbocycles. The van der Waals surface area contributed by atoms with E-state index in [1.165, 1.54) is 12.8 Å². The number of hydrogen-bond donors (Lipinski definition) is 1. The van der Waals surface area contributed by atoms with Crippen LogP contribution in [-0.4, -0.2) is 40.8 Å². The van der Waals surface area contributed by atoms with Crippen molar-refractivity contribution in [1.29, 1.82) is 0 Å². The number of fused-ring (bicyclic) bond motifs is 1. The minimum atomic E-state index is 0.368. The number of piperidine rings is 1. The Morgan fingerprint density at radius 2 is 1.93 bits per heavy atom. The lowest BCUT2D eigenvalue weighted by atomic mass is 10.0. The van der Waals surface area contributed by atoms with Crippen LogP contribution in [0.15, 0.2) is 42.7 Å². The molecule has 2 N–H and O–H groups in total. The van der Waals surface area contributed by atoms with E-state index in [0.717, 1.165) is 29.7 Å². The van der Waals surface area contributed by atoms with Crippen molar-refractivity contribution < 1.29 is 9.47 Å². The Labute approximate surface area is 164 Å². The maximum atomic E-state index is 5.91. The van der Waals surface area contributed by atoms with Crippen LogP contribution in [0.25, 0.3) is 10.9 Å². The summed E-state index contributed by atoms with van der Waals surface area (Å²) in [6.45, 7) is 3.95. The van der Waals surface area contributed by atoms with Crippen LogP contribution in [0.1, 0.15) is 26.2 Å². The summed E-state index contributed by atoms with van der Waals surface area (Å²) in [4.78, 5) is 15.6. The molecule has 146 valence electrons. The van der Waals surface area contributed by atoms with Gasteiger partial charge in [-0.25, -0.2) is 15.0 Å². The third-order valence-corrected chi connectivity index (χ3v) is 5.01. The summed E-state index contributed by atoms with van der Waals surface area (Å²) in [5.41, 5.74) is 6.57. The molecule has 3 aromatic rings. The van der Waals surface area contributed by atoms with Crippen molar-refractivity contribution in [3.05, 3.63) is 42.7 Å². The Balaban J connectivity index is 1.41. The van der Waals surface area contributed by atoms with Gasteiger partial charge >= 0.3 is 0 Å². The monoisotopic (exact) mass is 379 g/mol. The molecule has 1 aromatic carbocycles. The Kier molecular flexibility index (Phi) is 5.41. The average Bonchev–Trinajstić information content (AvgIpc) is 2.72. The zero-order chi connectivity index (χ0) is 19.3. The Bertz CT molecular complexity index is 949.